The van der Waals surface area contributed by atoms with E-state index in [2.05, 4.69) is 35.5 Å². The third kappa shape index (κ3) is 3.33. The number of fused-ring (bicyclic) bond motifs is 1. The van der Waals surface area contributed by atoms with Crippen molar-refractivity contribution < 1.29 is 0 Å². The molecule has 0 aliphatic rings. The highest BCUT2D eigenvalue weighted by Crippen LogP contribution is 2.25. The topological polar surface area (TPSA) is 46.5 Å². The van der Waals surface area contributed by atoms with Crippen LogP contribution < -0.4 is 0 Å². The molecule has 0 saturated heterocycles. The minimum absolute atomic E-state index is 0.484. The van der Waals surface area contributed by atoms with Gasteiger partial charge in [0.25, 0.3) is 0 Å². The molecule has 0 aliphatic carbocycles. The normalized spacial score (nSPS) is 11.7. The zero-order valence-electron chi connectivity index (χ0n) is 15.7. The Morgan fingerprint density at radius 1 is 1.14 bits per heavy atom. The Bertz CT molecular complexity index is 1240. The smallest absolute Gasteiger partial charge is 0.0966 e. The summed E-state index contributed by atoms with van der Waals surface area (Å²) in [6.07, 6.45) is 3.74. The average molecular weight is 387 g/mol. The van der Waals surface area contributed by atoms with Gasteiger partial charge in [0.2, 0.25) is 0 Å². The Labute approximate surface area is 168 Å². The second kappa shape index (κ2) is 7.38. The summed E-state index contributed by atoms with van der Waals surface area (Å²) in [5.41, 5.74) is 6.83. The highest BCUT2D eigenvalue weighted by atomic mass is 35.5. The van der Waals surface area contributed by atoms with E-state index in [9.17, 15) is 5.26 Å². The van der Waals surface area contributed by atoms with Gasteiger partial charge in [0, 0.05) is 27.7 Å². The van der Waals surface area contributed by atoms with Crippen molar-refractivity contribution in [1.29, 1.82) is 5.26 Å². The van der Waals surface area contributed by atoms with E-state index in [4.69, 9.17) is 11.6 Å². The summed E-state index contributed by atoms with van der Waals surface area (Å²) in [7, 11) is 0. The molecule has 0 amide bonds. The molecule has 5 heteroatoms. The van der Waals surface area contributed by atoms with Crippen LogP contribution in [0.3, 0.4) is 0 Å². The van der Waals surface area contributed by atoms with Gasteiger partial charge in [0.15, 0.2) is 0 Å². The first kappa shape index (κ1) is 18.1. The van der Waals surface area contributed by atoms with Crippen molar-refractivity contribution in [3.8, 4) is 11.8 Å². The van der Waals surface area contributed by atoms with Gasteiger partial charge in [0.1, 0.15) is 0 Å². The molecule has 2 aromatic heterocycles. The molecule has 0 fully saturated rings. The number of imidazole rings is 1. The van der Waals surface area contributed by atoms with Crippen LogP contribution in [0.15, 0.2) is 66.5 Å². The summed E-state index contributed by atoms with van der Waals surface area (Å²) in [5.74, 6) is 0. The highest BCUT2D eigenvalue weighted by Gasteiger charge is 2.11. The van der Waals surface area contributed by atoms with E-state index in [1.54, 1.807) is 6.33 Å². The van der Waals surface area contributed by atoms with Crippen LogP contribution in [0.1, 0.15) is 17.0 Å². The number of hydrogen-bond acceptors (Lipinski definition) is 2. The zero-order chi connectivity index (χ0) is 19.7. The van der Waals surface area contributed by atoms with E-state index in [-0.39, 0.29) is 0 Å². The number of aromatic nitrogens is 3. The molecule has 0 N–H and O–H groups in total. The third-order valence-electron chi connectivity index (χ3n) is 4.88. The lowest BCUT2D eigenvalue weighted by atomic mass is 10.1. The van der Waals surface area contributed by atoms with Crippen LogP contribution in [-0.4, -0.2) is 14.1 Å². The van der Waals surface area contributed by atoms with E-state index in [1.807, 2.05) is 59.2 Å². The lowest BCUT2D eigenvalue weighted by Gasteiger charge is -2.10. The van der Waals surface area contributed by atoms with Crippen LogP contribution in [-0.2, 0) is 6.54 Å². The van der Waals surface area contributed by atoms with Crippen molar-refractivity contribution in [2.24, 2.45) is 0 Å². The number of benzene rings is 2. The molecule has 0 bridgehead atoms. The number of hydrogen-bond donors (Lipinski definition) is 0. The van der Waals surface area contributed by atoms with E-state index in [0.29, 0.717) is 17.1 Å². The minimum atomic E-state index is 0.484. The minimum Gasteiger partial charge on any atom is -0.325 e. The lowest BCUT2D eigenvalue weighted by Crippen LogP contribution is -2.00. The van der Waals surface area contributed by atoms with Gasteiger partial charge in [-0.1, -0.05) is 29.8 Å². The molecule has 2 aromatic carbocycles. The number of halogens is 1. The molecule has 4 aromatic rings. The summed E-state index contributed by atoms with van der Waals surface area (Å²) in [4.78, 5) is 4.41. The number of nitriles is 1. The van der Waals surface area contributed by atoms with Gasteiger partial charge in [-0.2, -0.15) is 5.26 Å². The highest BCUT2D eigenvalue weighted by molar-refractivity contribution is 6.30. The van der Waals surface area contributed by atoms with Crippen molar-refractivity contribution >= 4 is 28.7 Å². The second-order valence-corrected chi connectivity index (χ2v) is 7.22. The molecule has 2 heterocycles. The first-order valence-corrected chi connectivity index (χ1v) is 9.40. The van der Waals surface area contributed by atoms with Gasteiger partial charge in [0.05, 0.1) is 30.0 Å². The number of allylic oxidation sites excluding steroid dienone is 1. The fraction of sp³-hybridized carbons (Fsp3) is 0.130. The summed E-state index contributed by atoms with van der Waals surface area (Å²) in [6, 6.07) is 20.1. The Morgan fingerprint density at radius 3 is 2.75 bits per heavy atom. The number of aryl methyl sites for hydroxylation is 1. The molecule has 0 saturated carbocycles. The maximum atomic E-state index is 9.70. The summed E-state index contributed by atoms with van der Waals surface area (Å²) in [6.45, 7) is 4.60. The van der Waals surface area contributed by atoms with Crippen LogP contribution in [0.4, 0.5) is 0 Å². The van der Waals surface area contributed by atoms with Crippen molar-refractivity contribution in [1.82, 2.24) is 14.1 Å². The fourth-order valence-electron chi connectivity index (χ4n) is 3.57. The quantitative estimate of drug-likeness (QED) is 0.422. The molecule has 138 valence electrons. The molecule has 4 rings (SSSR count). The Hall–Kier alpha value is -3.29. The van der Waals surface area contributed by atoms with Crippen LogP contribution in [0.5, 0.6) is 0 Å². The Kier molecular flexibility index (Phi) is 4.77. The summed E-state index contributed by atoms with van der Waals surface area (Å²) >= 11 is 6.16. The standard InChI is InChI=1S/C23H19ClN4/c1-16-10-19(17(2)28(16)21-7-5-6-20(24)12-21)11-18(13-25)14-27-15-26-22-8-3-4-9-23(22)27/h3-12,15H,14H2,1-2H3/b18-11-. The van der Waals surface area contributed by atoms with Gasteiger partial charge in [-0.15, -0.1) is 0 Å². The molecule has 28 heavy (non-hydrogen) atoms. The molecule has 0 spiro atoms. The number of nitrogens with zero attached hydrogens (tertiary/aromatic N) is 4. The van der Waals surface area contributed by atoms with Gasteiger partial charge in [-0.05, 0) is 61.9 Å². The van der Waals surface area contributed by atoms with Gasteiger partial charge in [-0.3, -0.25) is 0 Å². The van der Waals surface area contributed by atoms with Crippen molar-refractivity contribution in [2.45, 2.75) is 20.4 Å². The van der Waals surface area contributed by atoms with E-state index in [1.165, 1.54) is 0 Å². The van der Waals surface area contributed by atoms with Crippen molar-refractivity contribution in [3.63, 3.8) is 0 Å². The van der Waals surface area contributed by atoms with Gasteiger partial charge in [-0.25, -0.2) is 4.98 Å². The van der Waals surface area contributed by atoms with Gasteiger partial charge < -0.3 is 9.13 Å². The molecular weight excluding hydrogens is 368 g/mol. The van der Waals surface area contributed by atoms with Crippen LogP contribution in [0.2, 0.25) is 5.02 Å². The van der Waals surface area contributed by atoms with E-state index < -0.39 is 0 Å². The third-order valence-corrected chi connectivity index (χ3v) is 5.11. The van der Waals surface area contributed by atoms with Crippen molar-refractivity contribution in [2.75, 3.05) is 0 Å². The predicted molar refractivity (Wildman–Crippen MR) is 114 cm³/mol. The fourth-order valence-corrected chi connectivity index (χ4v) is 3.75. The maximum absolute atomic E-state index is 9.70. The van der Waals surface area contributed by atoms with Gasteiger partial charge >= 0.3 is 0 Å². The van der Waals surface area contributed by atoms with Crippen LogP contribution in [0.25, 0.3) is 22.8 Å². The first-order chi connectivity index (χ1) is 13.6. The average Bonchev–Trinajstić information content (AvgIpc) is 3.22. The monoisotopic (exact) mass is 386 g/mol. The summed E-state index contributed by atoms with van der Waals surface area (Å²) in [5, 5.41) is 10.4. The predicted octanol–water partition coefficient (Wildman–Crippen LogP) is 5.70. The second-order valence-electron chi connectivity index (χ2n) is 6.78. The Morgan fingerprint density at radius 2 is 1.96 bits per heavy atom. The molecule has 0 radical (unpaired) electrons. The molecular formula is C23H19ClN4. The van der Waals surface area contributed by atoms with Crippen LogP contribution in [0, 0.1) is 25.2 Å². The van der Waals surface area contributed by atoms with E-state index >= 15 is 0 Å². The summed E-state index contributed by atoms with van der Waals surface area (Å²) < 4.78 is 4.15. The van der Waals surface area contributed by atoms with Crippen LogP contribution >= 0.6 is 11.6 Å². The molecule has 0 aliphatic heterocycles. The maximum Gasteiger partial charge on any atom is 0.0966 e. The van der Waals surface area contributed by atoms with Crippen molar-refractivity contribution in [3.05, 3.63) is 88.5 Å². The molecule has 0 atom stereocenters. The van der Waals surface area contributed by atoms with E-state index in [0.717, 1.165) is 33.7 Å². The lowest BCUT2D eigenvalue weighted by molar-refractivity contribution is 0.830. The number of para-hydroxylation sites is 2. The SMILES string of the molecule is Cc1cc(/C=C(/C#N)Cn2cnc3ccccc32)c(C)n1-c1cccc(Cl)c1. The first-order valence-electron chi connectivity index (χ1n) is 9.02. The zero-order valence-corrected chi connectivity index (χ0v) is 16.5. The largest absolute Gasteiger partial charge is 0.325 e. The molecule has 4 nitrogen and oxygen atoms in total. The Balaban J connectivity index is 1.71. The molecule has 0 unspecified atom stereocenters. The number of rotatable bonds is 4.